The number of anilines is 1. The van der Waals surface area contributed by atoms with E-state index >= 15 is 0 Å². The van der Waals surface area contributed by atoms with Crippen molar-refractivity contribution in [2.24, 2.45) is 10.7 Å². The third kappa shape index (κ3) is 5.32. The highest BCUT2D eigenvalue weighted by Gasteiger charge is 2.21. The van der Waals surface area contributed by atoms with Gasteiger partial charge in [0.25, 0.3) is 0 Å². The molecule has 120 valence electrons. The normalized spacial score (nSPS) is 14.7. The molecular weight excluding hydrogens is 391 g/mol. The molecule has 0 saturated carbocycles. The molecule has 1 aromatic rings. The molecule has 2 rings (SSSR count). The van der Waals surface area contributed by atoms with E-state index in [0.29, 0.717) is 25.5 Å². The molecule has 0 aromatic heterocycles. The zero-order valence-electron chi connectivity index (χ0n) is 12.8. The Morgan fingerprint density at radius 3 is 2.64 bits per heavy atom. The zero-order chi connectivity index (χ0) is 15.2. The van der Waals surface area contributed by atoms with Gasteiger partial charge in [-0.1, -0.05) is 24.3 Å². The number of nitrogens with one attached hydrogen (secondary N) is 1. The Hall–Kier alpha value is -1.57. The maximum Gasteiger partial charge on any atom is 0.227 e. The molecule has 0 atom stereocenters. The van der Waals surface area contributed by atoms with Crippen LogP contribution in [0.1, 0.15) is 25.3 Å². The lowest BCUT2D eigenvalue weighted by atomic mass is 10.2. The van der Waals surface area contributed by atoms with Crippen molar-refractivity contribution in [3.63, 3.8) is 0 Å². The molecule has 1 heterocycles. The van der Waals surface area contributed by atoms with Gasteiger partial charge in [-0.15, -0.1) is 24.0 Å². The van der Waals surface area contributed by atoms with Crippen molar-refractivity contribution in [2.75, 3.05) is 18.0 Å². The lowest BCUT2D eigenvalue weighted by Gasteiger charge is -2.15. The number of halogens is 1. The van der Waals surface area contributed by atoms with E-state index < -0.39 is 0 Å². The fraction of sp³-hybridized carbons (Fsp3) is 0.375. The molecule has 3 N–H and O–H groups in total. The van der Waals surface area contributed by atoms with Crippen molar-refractivity contribution >= 4 is 41.5 Å². The van der Waals surface area contributed by atoms with Gasteiger partial charge in [0.2, 0.25) is 5.91 Å². The number of carbonyl (C=O) groups excluding carboxylic acids is 1. The molecule has 0 aliphatic carbocycles. The monoisotopic (exact) mass is 414 g/mol. The molecular formula is C16H23IN4O. The lowest BCUT2D eigenvalue weighted by molar-refractivity contribution is -0.117. The Bertz CT molecular complexity index is 554. The van der Waals surface area contributed by atoms with E-state index in [-0.39, 0.29) is 29.9 Å². The summed E-state index contributed by atoms with van der Waals surface area (Å²) in [6.45, 7) is 7.68. The number of guanidine groups is 1. The van der Waals surface area contributed by atoms with Crippen LogP contribution in [0.5, 0.6) is 0 Å². The number of amides is 1. The summed E-state index contributed by atoms with van der Waals surface area (Å²) in [6.07, 6.45) is 1.59. The SMILES string of the molecule is C=C(C)CNC(N)=NCc1ccc(N2CCCC2=O)cc1.I. The van der Waals surface area contributed by atoms with Gasteiger partial charge in [0.1, 0.15) is 0 Å². The van der Waals surface area contributed by atoms with Gasteiger partial charge in [-0.2, -0.15) is 0 Å². The second-order valence-corrected chi connectivity index (χ2v) is 5.33. The van der Waals surface area contributed by atoms with Crippen molar-refractivity contribution in [3.05, 3.63) is 42.0 Å². The average Bonchev–Trinajstić information content (AvgIpc) is 2.89. The van der Waals surface area contributed by atoms with Gasteiger partial charge in [-0.25, -0.2) is 4.99 Å². The van der Waals surface area contributed by atoms with Crippen LogP contribution in [0.15, 0.2) is 41.4 Å². The number of nitrogens with zero attached hydrogens (tertiary/aromatic N) is 2. The Labute approximate surface area is 148 Å². The number of rotatable bonds is 5. The third-order valence-corrected chi connectivity index (χ3v) is 3.32. The van der Waals surface area contributed by atoms with Crippen LogP contribution in [0.25, 0.3) is 0 Å². The van der Waals surface area contributed by atoms with Crippen molar-refractivity contribution in [1.82, 2.24) is 5.32 Å². The summed E-state index contributed by atoms with van der Waals surface area (Å²) in [4.78, 5) is 17.8. The van der Waals surface area contributed by atoms with Crippen LogP contribution < -0.4 is 16.0 Å². The van der Waals surface area contributed by atoms with Gasteiger partial charge in [-0.3, -0.25) is 4.79 Å². The number of benzene rings is 1. The summed E-state index contributed by atoms with van der Waals surface area (Å²) < 4.78 is 0. The first kappa shape index (κ1) is 18.5. The van der Waals surface area contributed by atoms with E-state index in [1.807, 2.05) is 36.1 Å². The largest absolute Gasteiger partial charge is 0.370 e. The predicted molar refractivity (Wildman–Crippen MR) is 102 cm³/mol. The van der Waals surface area contributed by atoms with Gasteiger partial charge in [-0.05, 0) is 31.0 Å². The standard InChI is InChI=1S/C16H22N4O.HI/c1-12(2)10-18-16(17)19-11-13-5-7-14(8-6-13)20-9-3-4-15(20)21;/h5-8H,1,3-4,9-11H2,2H3,(H3,17,18,19);1H. The fourth-order valence-corrected chi connectivity index (χ4v) is 2.18. The fourth-order valence-electron chi connectivity index (χ4n) is 2.18. The van der Waals surface area contributed by atoms with Crippen LogP contribution >= 0.6 is 24.0 Å². The van der Waals surface area contributed by atoms with Crippen LogP contribution in [0.3, 0.4) is 0 Å². The summed E-state index contributed by atoms with van der Waals surface area (Å²) in [5, 5.41) is 2.99. The van der Waals surface area contributed by atoms with E-state index in [1.165, 1.54) is 0 Å². The van der Waals surface area contributed by atoms with Crippen molar-refractivity contribution < 1.29 is 4.79 Å². The molecule has 0 bridgehead atoms. The Morgan fingerprint density at radius 2 is 2.09 bits per heavy atom. The summed E-state index contributed by atoms with van der Waals surface area (Å²) >= 11 is 0. The quantitative estimate of drug-likeness (QED) is 0.337. The predicted octanol–water partition coefficient (Wildman–Crippen LogP) is 2.41. The van der Waals surface area contributed by atoms with Crippen LogP contribution in [0.2, 0.25) is 0 Å². The topological polar surface area (TPSA) is 70.7 Å². The smallest absolute Gasteiger partial charge is 0.227 e. The van der Waals surface area contributed by atoms with E-state index in [2.05, 4.69) is 16.9 Å². The molecule has 1 aliphatic rings. The Kier molecular flexibility index (Phi) is 7.37. The minimum absolute atomic E-state index is 0. The van der Waals surface area contributed by atoms with E-state index in [0.717, 1.165) is 29.8 Å². The van der Waals surface area contributed by atoms with Crippen LogP contribution in [0, 0.1) is 0 Å². The van der Waals surface area contributed by atoms with Crippen LogP contribution in [-0.2, 0) is 11.3 Å². The van der Waals surface area contributed by atoms with Crippen molar-refractivity contribution in [3.8, 4) is 0 Å². The highest BCUT2D eigenvalue weighted by molar-refractivity contribution is 14.0. The van der Waals surface area contributed by atoms with Gasteiger partial charge >= 0.3 is 0 Å². The second kappa shape index (κ2) is 8.77. The van der Waals surface area contributed by atoms with E-state index in [1.54, 1.807) is 0 Å². The van der Waals surface area contributed by atoms with Gasteiger partial charge in [0.15, 0.2) is 5.96 Å². The second-order valence-electron chi connectivity index (χ2n) is 5.33. The first-order valence-corrected chi connectivity index (χ1v) is 7.14. The van der Waals surface area contributed by atoms with Gasteiger partial charge in [0.05, 0.1) is 6.54 Å². The van der Waals surface area contributed by atoms with Gasteiger partial charge < -0.3 is 16.0 Å². The Balaban J connectivity index is 0.00000242. The third-order valence-electron chi connectivity index (χ3n) is 3.32. The molecule has 5 nitrogen and oxygen atoms in total. The van der Waals surface area contributed by atoms with E-state index in [9.17, 15) is 4.79 Å². The van der Waals surface area contributed by atoms with Crippen LogP contribution in [0.4, 0.5) is 5.69 Å². The number of aliphatic imine (C=N–C) groups is 1. The minimum Gasteiger partial charge on any atom is -0.370 e. The molecule has 1 amide bonds. The summed E-state index contributed by atoms with van der Waals surface area (Å²) in [6, 6.07) is 7.89. The molecule has 1 saturated heterocycles. The average molecular weight is 414 g/mol. The minimum atomic E-state index is 0. The number of nitrogens with two attached hydrogens (primary N) is 1. The molecule has 0 radical (unpaired) electrons. The molecule has 22 heavy (non-hydrogen) atoms. The lowest BCUT2D eigenvalue weighted by Crippen LogP contribution is -2.32. The first-order chi connectivity index (χ1) is 10.1. The number of hydrogen-bond donors (Lipinski definition) is 2. The molecule has 0 unspecified atom stereocenters. The van der Waals surface area contributed by atoms with Crippen molar-refractivity contribution in [2.45, 2.75) is 26.3 Å². The number of hydrogen-bond acceptors (Lipinski definition) is 2. The summed E-state index contributed by atoms with van der Waals surface area (Å²) in [7, 11) is 0. The summed E-state index contributed by atoms with van der Waals surface area (Å²) in [5.41, 5.74) is 8.79. The van der Waals surface area contributed by atoms with Gasteiger partial charge in [0, 0.05) is 25.2 Å². The first-order valence-electron chi connectivity index (χ1n) is 7.14. The maximum atomic E-state index is 11.7. The molecule has 1 fully saturated rings. The molecule has 0 spiro atoms. The maximum absolute atomic E-state index is 11.7. The van der Waals surface area contributed by atoms with Crippen molar-refractivity contribution in [1.29, 1.82) is 0 Å². The number of carbonyl (C=O) groups is 1. The highest BCUT2D eigenvalue weighted by atomic mass is 127. The highest BCUT2D eigenvalue weighted by Crippen LogP contribution is 2.21. The zero-order valence-corrected chi connectivity index (χ0v) is 15.2. The molecule has 1 aromatic carbocycles. The molecule has 6 heteroatoms. The Morgan fingerprint density at radius 1 is 1.41 bits per heavy atom. The summed E-state index contributed by atoms with van der Waals surface area (Å²) in [5.74, 6) is 0.616. The van der Waals surface area contributed by atoms with Crippen LogP contribution in [-0.4, -0.2) is 25.0 Å². The molecule has 1 aliphatic heterocycles. The van der Waals surface area contributed by atoms with E-state index in [4.69, 9.17) is 5.73 Å².